The van der Waals surface area contributed by atoms with Crippen molar-refractivity contribution in [3.05, 3.63) is 131 Å². The summed E-state index contributed by atoms with van der Waals surface area (Å²) >= 11 is 0. The maximum absolute atomic E-state index is 6.16. The van der Waals surface area contributed by atoms with Crippen LogP contribution in [-0.2, 0) is 13.0 Å². The van der Waals surface area contributed by atoms with Crippen LogP contribution in [0, 0.1) is 0 Å². The van der Waals surface area contributed by atoms with Crippen molar-refractivity contribution in [1.82, 2.24) is 5.32 Å². The average molecular weight is 462 g/mol. The second-order valence-electron chi connectivity index (χ2n) is 9.64. The van der Waals surface area contributed by atoms with Gasteiger partial charge in [-0.15, -0.1) is 0 Å². The molecule has 35 heavy (non-hydrogen) atoms. The molecule has 4 aromatic rings. The maximum Gasteiger partial charge on any atom is 0.123 e. The predicted molar refractivity (Wildman–Crippen MR) is 140 cm³/mol. The molecule has 0 amide bonds. The number of benzene rings is 4. The number of hydrogen-bond acceptors (Lipinski definition) is 3. The van der Waals surface area contributed by atoms with Crippen molar-refractivity contribution in [3.8, 4) is 11.5 Å². The zero-order valence-corrected chi connectivity index (χ0v) is 19.9. The van der Waals surface area contributed by atoms with E-state index < -0.39 is 0 Å². The summed E-state index contributed by atoms with van der Waals surface area (Å²) in [5.74, 6) is 2.66. The summed E-state index contributed by atoms with van der Waals surface area (Å²) in [7, 11) is 0. The number of hydrogen-bond donors (Lipinski definition) is 1. The Balaban J connectivity index is 1.29. The molecule has 2 atom stereocenters. The van der Waals surface area contributed by atoms with Crippen LogP contribution in [0.4, 0.5) is 0 Å². The quantitative estimate of drug-likeness (QED) is 0.342. The number of rotatable bonds is 7. The van der Waals surface area contributed by atoms with E-state index in [0.717, 1.165) is 37.4 Å². The summed E-state index contributed by atoms with van der Waals surface area (Å²) < 4.78 is 12.2. The van der Waals surface area contributed by atoms with Crippen LogP contribution in [0.25, 0.3) is 0 Å². The van der Waals surface area contributed by atoms with Gasteiger partial charge in [-0.2, -0.15) is 0 Å². The number of fused-ring (bicyclic) bond motifs is 1. The minimum absolute atomic E-state index is 0.294. The summed E-state index contributed by atoms with van der Waals surface area (Å²) in [6, 6.07) is 36.8. The van der Waals surface area contributed by atoms with Crippen LogP contribution in [0.5, 0.6) is 11.5 Å². The Morgan fingerprint density at radius 3 is 2.14 bits per heavy atom. The molecule has 4 aromatic carbocycles. The van der Waals surface area contributed by atoms with Gasteiger partial charge in [0.1, 0.15) is 24.2 Å². The molecular formula is C32H31NO2. The smallest absolute Gasteiger partial charge is 0.123 e. The Morgan fingerprint density at radius 2 is 1.43 bits per heavy atom. The highest BCUT2D eigenvalue weighted by Crippen LogP contribution is 2.47. The van der Waals surface area contributed by atoms with Crippen molar-refractivity contribution in [2.75, 3.05) is 13.1 Å². The Labute approximate surface area is 207 Å². The van der Waals surface area contributed by atoms with Crippen LogP contribution < -0.4 is 14.8 Å². The van der Waals surface area contributed by atoms with Crippen LogP contribution in [0.2, 0.25) is 0 Å². The lowest BCUT2D eigenvalue weighted by Crippen LogP contribution is -2.50. The van der Waals surface area contributed by atoms with E-state index >= 15 is 0 Å². The fourth-order valence-electron chi connectivity index (χ4n) is 5.39. The summed E-state index contributed by atoms with van der Waals surface area (Å²) in [5, 5.41) is 3.27. The van der Waals surface area contributed by atoms with E-state index in [9.17, 15) is 0 Å². The molecule has 0 saturated carbocycles. The summed E-state index contributed by atoms with van der Waals surface area (Å²) in [6.07, 6.45) is 2.47. The lowest BCUT2D eigenvalue weighted by Gasteiger charge is -2.35. The van der Waals surface area contributed by atoms with Crippen molar-refractivity contribution in [2.45, 2.75) is 37.4 Å². The topological polar surface area (TPSA) is 30.5 Å². The highest BCUT2D eigenvalue weighted by molar-refractivity contribution is 5.48. The average Bonchev–Trinajstić information content (AvgIpc) is 2.90. The molecule has 0 bridgehead atoms. The molecule has 0 radical (unpaired) electrons. The van der Waals surface area contributed by atoms with E-state index in [4.69, 9.17) is 9.47 Å². The highest BCUT2D eigenvalue weighted by Gasteiger charge is 2.32. The summed E-state index contributed by atoms with van der Waals surface area (Å²) in [4.78, 5) is 0. The summed E-state index contributed by atoms with van der Waals surface area (Å²) in [6.45, 7) is 2.46. The van der Waals surface area contributed by atoms with E-state index in [0.29, 0.717) is 24.5 Å². The molecule has 1 aliphatic carbocycles. The van der Waals surface area contributed by atoms with E-state index in [1.165, 1.54) is 27.8 Å². The molecule has 1 saturated heterocycles. The van der Waals surface area contributed by atoms with Gasteiger partial charge in [0.25, 0.3) is 0 Å². The van der Waals surface area contributed by atoms with Gasteiger partial charge in [-0.3, -0.25) is 0 Å². The standard InChI is InChI=1S/C32H31NO2/c1-3-7-23(8-4-1)22-34-28-16-18-31-26(19-28)13-17-30(24-9-5-2-6-10-24)32(31)25-11-14-27(15-12-25)35-29-20-33-21-29/h1-12,14-16,18-19,29-30,32-33H,13,17,20-22H2/t30?,32-/m0/s1. The van der Waals surface area contributed by atoms with E-state index in [1.807, 2.05) is 6.07 Å². The Bertz CT molecular complexity index is 1250. The third-order valence-electron chi connectivity index (χ3n) is 7.34. The van der Waals surface area contributed by atoms with Crippen LogP contribution in [-0.4, -0.2) is 19.2 Å². The van der Waals surface area contributed by atoms with Gasteiger partial charge in [0.2, 0.25) is 0 Å². The van der Waals surface area contributed by atoms with Crippen LogP contribution >= 0.6 is 0 Å². The molecule has 1 aliphatic heterocycles. The Kier molecular flexibility index (Phi) is 6.25. The van der Waals surface area contributed by atoms with Gasteiger partial charge < -0.3 is 14.8 Å². The molecule has 0 aromatic heterocycles. The zero-order valence-electron chi connectivity index (χ0n) is 19.9. The van der Waals surface area contributed by atoms with Crippen molar-refractivity contribution in [1.29, 1.82) is 0 Å². The molecule has 6 rings (SSSR count). The molecule has 1 unspecified atom stereocenters. The molecule has 176 valence electrons. The van der Waals surface area contributed by atoms with Crippen molar-refractivity contribution >= 4 is 0 Å². The number of ether oxygens (including phenoxy) is 2. The van der Waals surface area contributed by atoms with E-state index in [1.54, 1.807) is 0 Å². The van der Waals surface area contributed by atoms with Gasteiger partial charge >= 0.3 is 0 Å². The van der Waals surface area contributed by atoms with Crippen LogP contribution in [0.3, 0.4) is 0 Å². The van der Waals surface area contributed by atoms with E-state index in [-0.39, 0.29) is 0 Å². The first-order chi connectivity index (χ1) is 17.3. The third-order valence-corrected chi connectivity index (χ3v) is 7.34. The van der Waals surface area contributed by atoms with Gasteiger partial charge in [-0.25, -0.2) is 0 Å². The van der Waals surface area contributed by atoms with Gasteiger partial charge in [0, 0.05) is 19.0 Å². The first-order valence-electron chi connectivity index (χ1n) is 12.7. The largest absolute Gasteiger partial charge is 0.489 e. The van der Waals surface area contributed by atoms with Gasteiger partial charge in [0.05, 0.1) is 0 Å². The summed E-state index contributed by atoms with van der Waals surface area (Å²) in [5.41, 5.74) is 6.75. The first kappa shape index (κ1) is 21.9. The molecular weight excluding hydrogens is 430 g/mol. The second kappa shape index (κ2) is 9.97. The van der Waals surface area contributed by atoms with Gasteiger partial charge in [-0.05, 0) is 70.8 Å². The number of nitrogens with one attached hydrogen (secondary N) is 1. The van der Waals surface area contributed by atoms with Crippen molar-refractivity contribution in [2.24, 2.45) is 0 Å². The molecule has 0 spiro atoms. The lowest BCUT2D eigenvalue weighted by molar-refractivity contribution is 0.142. The SMILES string of the molecule is c1ccc(COc2ccc3c(c2)CCC(c2ccccc2)[C@@H]3c2ccc(OC3CNC3)cc2)cc1. The molecule has 3 nitrogen and oxygen atoms in total. The number of aryl methyl sites for hydroxylation is 1. The molecule has 1 fully saturated rings. The minimum atomic E-state index is 0.294. The molecule has 3 heteroatoms. The van der Waals surface area contributed by atoms with Crippen LogP contribution in [0.1, 0.15) is 46.1 Å². The van der Waals surface area contributed by atoms with Gasteiger partial charge in [-0.1, -0.05) is 78.9 Å². The highest BCUT2D eigenvalue weighted by atomic mass is 16.5. The van der Waals surface area contributed by atoms with Crippen molar-refractivity contribution < 1.29 is 9.47 Å². The fourth-order valence-corrected chi connectivity index (χ4v) is 5.39. The minimum Gasteiger partial charge on any atom is -0.489 e. The third kappa shape index (κ3) is 4.82. The Hall–Kier alpha value is -3.56. The Morgan fingerprint density at radius 1 is 0.714 bits per heavy atom. The van der Waals surface area contributed by atoms with Gasteiger partial charge in [0.15, 0.2) is 0 Å². The fraction of sp³-hybridized carbons (Fsp3) is 0.250. The second-order valence-corrected chi connectivity index (χ2v) is 9.64. The lowest BCUT2D eigenvalue weighted by atomic mass is 9.69. The monoisotopic (exact) mass is 461 g/mol. The zero-order chi connectivity index (χ0) is 23.5. The maximum atomic E-state index is 6.16. The first-order valence-corrected chi connectivity index (χ1v) is 12.7. The molecule has 1 N–H and O–H groups in total. The molecule has 1 heterocycles. The van der Waals surface area contributed by atoms with Crippen LogP contribution in [0.15, 0.2) is 103 Å². The normalized spacial score (nSPS) is 19.4. The predicted octanol–water partition coefficient (Wildman–Crippen LogP) is 6.48. The molecule has 2 aliphatic rings. The van der Waals surface area contributed by atoms with E-state index in [2.05, 4.69) is 102 Å². The van der Waals surface area contributed by atoms with Crippen molar-refractivity contribution in [3.63, 3.8) is 0 Å².